The number of halogens is 3. The minimum absolute atomic E-state index is 0.181. The Hall–Kier alpha value is -0.210. The summed E-state index contributed by atoms with van der Waals surface area (Å²) in [5.41, 5.74) is -2.41. The molecule has 0 aliphatic carbocycles. The molecule has 0 aromatic rings. The fourth-order valence-corrected chi connectivity index (χ4v) is 0.755. The molecular formula is C8H15F3. The fraction of sp³-hybridized carbons (Fsp3) is 1.00. The summed E-state index contributed by atoms with van der Waals surface area (Å²) in [5, 5.41) is 0. The Bertz CT molecular complexity index is 122. The van der Waals surface area contributed by atoms with E-state index in [0.717, 1.165) is 13.8 Å². The molecule has 0 rings (SSSR count). The minimum atomic E-state index is -3.21. The monoisotopic (exact) mass is 168 g/mol. The molecule has 0 nitrogen and oxygen atoms in total. The Morgan fingerprint density at radius 1 is 1.09 bits per heavy atom. The molecule has 11 heavy (non-hydrogen) atoms. The van der Waals surface area contributed by atoms with Crippen LogP contribution in [0.1, 0.15) is 34.1 Å². The molecule has 0 saturated carbocycles. The topological polar surface area (TPSA) is 0 Å². The molecule has 0 heterocycles. The molecule has 0 aliphatic heterocycles. The third-order valence-electron chi connectivity index (χ3n) is 1.53. The average Bonchev–Trinajstić information content (AvgIpc) is 1.56. The van der Waals surface area contributed by atoms with Crippen molar-refractivity contribution in [2.75, 3.05) is 0 Å². The standard InChI is InChI=1S/C8H15F3/c1-6(2)5-8(10,11)7(3,4)9/h6H,5H2,1-4H3. The van der Waals surface area contributed by atoms with Crippen molar-refractivity contribution in [3.63, 3.8) is 0 Å². The lowest BCUT2D eigenvalue weighted by Gasteiger charge is -2.27. The van der Waals surface area contributed by atoms with Crippen LogP contribution in [0, 0.1) is 5.92 Å². The molecule has 0 amide bonds. The summed E-state index contributed by atoms with van der Waals surface area (Å²) in [6.07, 6.45) is -0.392. The van der Waals surface area contributed by atoms with E-state index in [2.05, 4.69) is 0 Å². The van der Waals surface area contributed by atoms with Crippen LogP contribution in [0.4, 0.5) is 13.2 Å². The molecule has 0 atom stereocenters. The summed E-state index contributed by atoms with van der Waals surface area (Å²) in [4.78, 5) is 0. The van der Waals surface area contributed by atoms with Gasteiger partial charge in [-0.05, 0) is 19.8 Å². The van der Waals surface area contributed by atoms with Gasteiger partial charge in [0.25, 0.3) is 5.92 Å². The van der Waals surface area contributed by atoms with E-state index in [9.17, 15) is 13.2 Å². The van der Waals surface area contributed by atoms with Gasteiger partial charge >= 0.3 is 0 Å². The van der Waals surface area contributed by atoms with Gasteiger partial charge in [-0.1, -0.05) is 13.8 Å². The molecule has 68 valence electrons. The van der Waals surface area contributed by atoms with E-state index in [4.69, 9.17) is 0 Å². The first-order chi connectivity index (χ1) is 4.67. The molecule has 0 fully saturated rings. The maximum Gasteiger partial charge on any atom is 0.281 e. The van der Waals surface area contributed by atoms with E-state index in [1.165, 1.54) is 0 Å². The highest BCUT2D eigenvalue weighted by Gasteiger charge is 2.47. The van der Waals surface area contributed by atoms with Crippen LogP contribution in [0.2, 0.25) is 0 Å². The van der Waals surface area contributed by atoms with Crippen molar-refractivity contribution in [2.45, 2.75) is 45.7 Å². The second-order valence-corrected chi connectivity index (χ2v) is 3.77. The van der Waals surface area contributed by atoms with Crippen LogP contribution in [0.3, 0.4) is 0 Å². The van der Waals surface area contributed by atoms with E-state index in [1.807, 2.05) is 0 Å². The number of hydrogen-bond acceptors (Lipinski definition) is 0. The van der Waals surface area contributed by atoms with Gasteiger partial charge in [0, 0.05) is 6.42 Å². The highest BCUT2D eigenvalue weighted by Crippen LogP contribution is 2.36. The number of alkyl halides is 3. The molecule has 0 aromatic heterocycles. The Labute approximate surface area is 65.8 Å². The Balaban J connectivity index is 4.22. The van der Waals surface area contributed by atoms with Crippen LogP contribution in [0.25, 0.3) is 0 Å². The van der Waals surface area contributed by atoms with Gasteiger partial charge in [-0.15, -0.1) is 0 Å². The van der Waals surface area contributed by atoms with Gasteiger partial charge < -0.3 is 0 Å². The molecule has 0 N–H and O–H groups in total. The first-order valence-corrected chi connectivity index (χ1v) is 3.73. The van der Waals surface area contributed by atoms with Gasteiger partial charge in [-0.25, -0.2) is 13.2 Å². The second-order valence-electron chi connectivity index (χ2n) is 3.77. The SMILES string of the molecule is CC(C)CC(F)(F)C(C)(C)F. The lowest BCUT2D eigenvalue weighted by atomic mass is 9.94. The highest BCUT2D eigenvalue weighted by atomic mass is 19.3. The molecule has 0 saturated heterocycles. The zero-order chi connectivity index (χ0) is 9.28. The van der Waals surface area contributed by atoms with Crippen LogP contribution >= 0.6 is 0 Å². The molecular weight excluding hydrogens is 153 g/mol. The normalized spacial score (nSPS) is 14.2. The summed E-state index contributed by atoms with van der Waals surface area (Å²) < 4.78 is 38.4. The van der Waals surface area contributed by atoms with Crippen LogP contribution in [-0.4, -0.2) is 11.6 Å². The molecule has 0 aromatic carbocycles. The van der Waals surface area contributed by atoms with Crippen LogP contribution in [0.5, 0.6) is 0 Å². The van der Waals surface area contributed by atoms with Gasteiger partial charge in [0.05, 0.1) is 0 Å². The number of hydrogen-bond donors (Lipinski definition) is 0. The van der Waals surface area contributed by atoms with Gasteiger partial charge in [-0.2, -0.15) is 0 Å². The predicted octanol–water partition coefficient (Wildman–Crippen LogP) is 3.42. The summed E-state index contributed by atoms with van der Waals surface area (Å²) in [7, 11) is 0. The molecule has 0 aliphatic rings. The summed E-state index contributed by atoms with van der Waals surface area (Å²) >= 11 is 0. The zero-order valence-electron chi connectivity index (χ0n) is 7.42. The van der Waals surface area contributed by atoms with Crippen molar-refractivity contribution in [1.29, 1.82) is 0 Å². The molecule has 3 heteroatoms. The van der Waals surface area contributed by atoms with Crippen molar-refractivity contribution in [3.8, 4) is 0 Å². The van der Waals surface area contributed by atoms with Gasteiger partial charge in [0.15, 0.2) is 5.67 Å². The molecule has 0 spiro atoms. The fourth-order valence-electron chi connectivity index (χ4n) is 0.755. The van der Waals surface area contributed by atoms with E-state index in [1.54, 1.807) is 13.8 Å². The van der Waals surface area contributed by atoms with Crippen molar-refractivity contribution in [3.05, 3.63) is 0 Å². The summed E-state index contributed by atoms with van der Waals surface area (Å²) in [5.74, 6) is -3.39. The first kappa shape index (κ1) is 10.8. The largest absolute Gasteiger partial charge is 0.281 e. The minimum Gasteiger partial charge on any atom is -0.238 e. The average molecular weight is 168 g/mol. The van der Waals surface area contributed by atoms with Crippen LogP contribution in [-0.2, 0) is 0 Å². The highest BCUT2D eigenvalue weighted by molar-refractivity contribution is 4.85. The Morgan fingerprint density at radius 3 is 1.55 bits per heavy atom. The van der Waals surface area contributed by atoms with E-state index >= 15 is 0 Å². The lowest BCUT2D eigenvalue weighted by molar-refractivity contribution is -0.131. The predicted molar refractivity (Wildman–Crippen MR) is 39.6 cm³/mol. The Kier molecular flexibility index (Phi) is 2.98. The lowest BCUT2D eigenvalue weighted by Crippen LogP contribution is -2.39. The van der Waals surface area contributed by atoms with Crippen molar-refractivity contribution >= 4 is 0 Å². The third kappa shape index (κ3) is 3.12. The third-order valence-corrected chi connectivity index (χ3v) is 1.53. The quantitative estimate of drug-likeness (QED) is 0.605. The summed E-state index contributed by atoms with van der Waals surface area (Å²) in [6, 6.07) is 0. The van der Waals surface area contributed by atoms with Gasteiger partial charge in [0.2, 0.25) is 0 Å². The molecule has 0 radical (unpaired) electrons. The molecule has 0 unspecified atom stereocenters. The van der Waals surface area contributed by atoms with Crippen molar-refractivity contribution in [1.82, 2.24) is 0 Å². The van der Waals surface area contributed by atoms with E-state index in [-0.39, 0.29) is 5.92 Å². The summed E-state index contributed by atoms with van der Waals surface area (Å²) in [6.45, 7) is 5.13. The second kappa shape index (κ2) is 3.03. The smallest absolute Gasteiger partial charge is 0.238 e. The van der Waals surface area contributed by atoms with E-state index in [0.29, 0.717) is 0 Å². The van der Waals surface area contributed by atoms with E-state index < -0.39 is 18.0 Å². The first-order valence-electron chi connectivity index (χ1n) is 3.73. The number of rotatable bonds is 3. The van der Waals surface area contributed by atoms with Gasteiger partial charge in [-0.3, -0.25) is 0 Å². The Morgan fingerprint density at radius 2 is 1.45 bits per heavy atom. The van der Waals surface area contributed by atoms with Crippen LogP contribution in [0.15, 0.2) is 0 Å². The zero-order valence-corrected chi connectivity index (χ0v) is 7.42. The van der Waals surface area contributed by atoms with Crippen LogP contribution < -0.4 is 0 Å². The van der Waals surface area contributed by atoms with Crippen molar-refractivity contribution < 1.29 is 13.2 Å². The maximum absolute atomic E-state index is 12.8. The van der Waals surface area contributed by atoms with Gasteiger partial charge in [0.1, 0.15) is 0 Å². The van der Waals surface area contributed by atoms with Crippen molar-refractivity contribution in [2.24, 2.45) is 5.92 Å². The maximum atomic E-state index is 12.8. The molecule has 0 bridgehead atoms.